The van der Waals surface area contributed by atoms with Crippen LogP contribution in [0.4, 0.5) is 0 Å². The molecular weight excluding hydrogens is 452 g/mol. The number of esters is 1. The minimum atomic E-state index is -0.995. The molecule has 2 aromatic rings. The first-order valence-corrected chi connectivity index (χ1v) is 10.8. The topological polar surface area (TPSA) is 116 Å². The Kier molecular flexibility index (Phi) is 9.59. The van der Waals surface area contributed by atoms with E-state index in [-0.39, 0.29) is 11.4 Å². The summed E-state index contributed by atoms with van der Waals surface area (Å²) in [4.78, 5) is 28.9. The Morgan fingerprint density at radius 2 is 1.85 bits per heavy atom. The monoisotopic (exact) mass is 480 g/mol. The highest BCUT2D eigenvalue weighted by Gasteiger charge is 2.27. The van der Waals surface area contributed by atoms with Gasteiger partial charge in [0.1, 0.15) is 29.7 Å². The van der Waals surface area contributed by atoms with E-state index in [0.29, 0.717) is 22.9 Å². The Morgan fingerprint density at radius 3 is 2.48 bits per heavy atom. The van der Waals surface area contributed by atoms with Crippen molar-refractivity contribution < 1.29 is 33.6 Å². The molecule has 0 radical (unpaired) electrons. The van der Waals surface area contributed by atoms with Crippen molar-refractivity contribution in [1.29, 1.82) is 0 Å². The summed E-state index contributed by atoms with van der Waals surface area (Å²) in [5.74, 6) is -0.716. The lowest BCUT2D eigenvalue weighted by Crippen LogP contribution is -2.43. The Hall–Kier alpha value is -3.20. The number of pyridine rings is 1. The maximum atomic E-state index is 12.6. The van der Waals surface area contributed by atoms with Gasteiger partial charge in [-0.25, -0.2) is 9.78 Å². The third-order valence-electron chi connectivity index (χ3n) is 4.83. The van der Waals surface area contributed by atoms with Crippen molar-refractivity contribution in [1.82, 2.24) is 10.3 Å². The van der Waals surface area contributed by atoms with Gasteiger partial charge in [0.05, 0.1) is 19.2 Å². The Morgan fingerprint density at radius 1 is 1.15 bits per heavy atom. The van der Waals surface area contributed by atoms with E-state index in [2.05, 4.69) is 10.3 Å². The van der Waals surface area contributed by atoms with Gasteiger partial charge in [-0.15, -0.1) is 0 Å². The maximum Gasteiger partial charge on any atom is 0.328 e. The zero-order valence-corrected chi connectivity index (χ0v) is 20.0. The summed E-state index contributed by atoms with van der Waals surface area (Å²) in [6, 6.07) is 5.45. The first-order chi connectivity index (χ1) is 15.7. The average Bonchev–Trinajstić information content (AvgIpc) is 2.79. The van der Waals surface area contributed by atoms with Crippen LogP contribution in [0.1, 0.15) is 44.1 Å². The fraction of sp³-hybridized carbons (Fsp3) is 0.435. The standard InChI is InChI=1S/C23H29ClN2O7/c1-6-7-17(33-15-8-9-16(24)19(12-15)31-5)14(3)32-23(29)13(2)26-22(28)20-21(27)18(30-4)10-11-25-20/h8-14,17,27H,6-7H2,1-5H3,(H,26,28)/t13-,14-,17+/m0/s1. The number of amides is 1. The smallest absolute Gasteiger partial charge is 0.328 e. The fourth-order valence-corrected chi connectivity index (χ4v) is 3.21. The summed E-state index contributed by atoms with van der Waals surface area (Å²) in [6.45, 7) is 5.18. The summed E-state index contributed by atoms with van der Waals surface area (Å²) < 4.78 is 21.8. The lowest BCUT2D eigenvalue weighted by molar-refractivity contribution is -0.154. The van der Waals surface area contributed by atoms with Gasteiger partial charge in [0.15, 0.2) is 17.2 Å². The van der Waals surface area contributed by atoms with Crippen LogP contribution in [0.15, 0.2) is 30.5 Å². The Labute approximate surface area is 198 Å². The van der Waals surface area contributed by atoms with Crippen molar-refractivity contribution in [2.75, 3.05) is 14.2 Å². The molecule has 1 heterocycles. The van der Waals surface area contributed by atoms with Gasteiger partial charge < -0.3 is 29.4 Å². The van der Waals surface area contributed by atoms with Crippen LogP contribution in [-0.4, -0.2) is 54.4 Å². The predicted octanol–water partition coefficient (Wildman–Crippen LogP) is 3.76. The highest BCUT2D eigenvalue weighted by atomic mass is 35.5. The summed E-state index contributed by atoms with van der Waals surface area (Å²) in [5.41, 5.74) is -0.258. The van der Waals surface area contributed by atoms with Crippen LogP contribution < -0.4 is 19.5 Å². The van der Waals surface area contributed by atoms with E-state index in [9.17, 15) is 14.7 Å². The molecule has 1 amide bonds. The summed E-state index contributed by atoms with van der Waals surface area (Å²) in [5, 5.41) is 13.0. The van der Waals surface area contributed by atoms with Crippen LogP contribution in [-0.2, 0) is 9.53 Å². The van der Waals surface area contributed by atoms with Crippen molar-refractivity contribution in [3.8, 4) is 23.0 Å². The number of benzene rings is 1. The minimum absolute atomic E-state index is 0.0948. The van der Waals surface area contributed by atoms with E-state index >= 15 is 0 Å². The van der Waals surface area contributed by atoms with Gasteiger partial charge in [-0.1, -0.05) is 24.9 Å². The number of hydrogen-bond donors (Lipinski definition) is 2. The highest BCUT2D eigenvalue weighted by Crippen LogP contribution is 2.30. The van der Waals surface area contributed by atoms with Crippen LogP contribution in [0.25, 0.3) is 0 Å². The number of carbonyl (C=O) groups is 2. The quantitative estimate of drug-likeness (QED) is 0.467. The fourth-order valence-electron chi connectivity index (χ4n) is 3.01. The number of methoxy groups -OCH3 is 2. The number of rotatable bonds is 11. The molecule has 3 atom stereocenters. The van der Waals surface area contributed by atoms with E-state index in [0.717, 1.165) is 6.42 Å². The summed E-state index contributed by atoms with van der Waals surface area (Å²) in [6.07, 6.45) is 1.70. The van der Waals surface area contributed by atoms with Crippen molar-refractivity contribution in [3.05, 3.63) is 41.2 Å². The molecule has 33 heavy (non-hydrogen) atoms. The van der Waals surface area contributed by atoms with Crippen LogP contribution >= 0.6 is 11.6 Å². The van der Waals surface area contributed by atoms with Crippen molar-refractivity contribution in [3.63, 3.8) is 0 Å². The van der Waals surface area contributed by atoms with E-state index in [1.54, 1.807) is 25.1 Å². The van der Waals surface area contributed by atoms with Crippen LogP contribution in [0.5, 0.6) is 23.0 Å². The number of hydrogen-bond acceptors (Lipinski definition) is 8. The number of aromatic hydroxyl groups is 1. The molecule has 0 fully saturated rings. The lowest BCUT2D eigenvalue weighted by Gasteiger charge is -2.26. The Bertz CT molecular complexity index is 970. The first-order valence-electron chi connectivity index (χ1n) is 10.4. The molecule has 0 saturated carbocycles. The molecule has 0 unspecified atom stereocenters. The van der Waals surface area contributed by atoms with Crippen LogP contribution in [0.3, 0.4) is 0 Å². The molecule has 0 aliphatic carbocycles. The lowest BCUT2D eigenvalue weighted by atomic mass is 10.1. The molecule has 0 saturated heterocycles. The number of ether oxygens (including phenoxy) is 4. The average molecular weight is 481 g/mol. The molecule has 1 aromatic heterocycles. The van der Waals surface area contributed by atoms with Crippen molar-refractivity contribution in [2.45, 2.75) is 51.9 Å². The predicted molar refractivity (Wildman–Crippen MR) is 122 cm³/mol. The van der Waals surface area contributed by atoms with Gasteiger partial charge in [0.2, 0.25) is 0 Å². The Balaban J connectivity index is 2.03. The van der Waals surface area contributed by atoms with Gasteiger partial charge in [-0.05, 0) is 32.4 Å². The van der Waals surface area contributed by atoms with Crippen LogP contribution in [0.2, 0.25) is 5.02 Å². The third kappa shape index (κ3) is 6.89. The van der Waals surface area contributed by atoms with E-state index in [1.807, 2.05) is 6.92 Å². The number of aromatic nitrogens is 1. The SMILES string of the molecule is CCC[C@@H](Oc1ccc(Cl)c(OC)c1)[C@H](C)OC(=O)[C@H](C)NC(=O)c1nccc(OC)c1O. The molecule has 2 N–H and O–H groups in total. The van der Waals surface area contributed by atoms with Crippen LogP contribution in [0, 0.1) is 0 Å². The molecule has 180 valence electrons. The third-order valence-corrected chi connectivity index (χ3v) is 5.14. The second kappa shape index (κ2) is 12.2. The second-order valence-electron chi connectivity index (χ2n) is 7.29. The van der Waals surface area contributed by atoms with Crippen molar-refractivity contribution >= 4 is 23.5 Å². The highest BCUT2D eigenvalue weighted by molar-refractivity contribution is 6.32. The first kappa shape index (κ1) is 26.1. The van der Waals surface area contributed by atoms with Gasteiger partial charge >= 0.3 is 5.97 Å². The minimum Gasteiger partial charge on any atom is -0.503 e. The molecule has 0 bridgehead atoms. The molecule has 0 aliphatic heterocycles. The van der Waals surface area contributed by atoms with Gasteiger partial charge in [-0.2, -0.15) is 0 Å². The summed E-state index contributed by atoms with van der Waals surface area (Å²) in [7, 11) is 2.86. The second-order valence-corrected chi connectivity index (χ2v) is 7.70. The summed E-state index contributed by atoms with van der Waals surface area (Å²) >= 11 is 6.06. The molecule has 0 spiro atoms. The molecule has 1 aromatic carbocycles. The zero-order valence-electron chi connectivity index (χ0n) is 19.3. The van der Waals surface area contributed by atoms with Gasteiger partial charge in [0.25, 0.3) is 5.91 Å². The number of nitrogens with zero attached hydrogens (tertiary/aromatic N) is 1. The number of halogens is 1. The molecule has 10 heteroatoms. The van der Waals surface area contributed by atoms with Gasteiger partial charge in [-0.3, -0.25) is 4.79 Å². The van der Waals surface area contributed by atoms with Gasteiger partial charge in [0, 0.05) is 18.3 Å². The molecular formula is C23H29ClN2O7. The number of nitrogens with one attached hydrogen (secondary N) is 1. The van der Waals surface area contributed by atoms with Crippen molar-refractivity contribution in [2.24, 2.45) is 0 Å². The van der Waals surface area contributed by atoms with E-state index < -0.39 is 35.9 Å². The van der Waals surface area contributed by atoms with E-state index in [1.165, 1.54) is 33.4 Å². The molecule has 2 rings (SSSR count). The zero-order chi connectivity index (χ0) is 24.5. The largest absolute Gasteiger partial charge is 0.503 e. The van der Waals surface area contributed by atoms with E-state index in [4.69, 9.17) is 30.5 Å². The maximum absolute atomic E-state index is 12.6. The molecule has 0 aliphatic rings. The molecule has 9 nitrogen and oxygen atoms in total. The number of carbonyl (C=O) groups excluding carboxylic acids is 2. The normalized spacial score (nSPS) is 13.4.